The van der Waals surface area contributed by atoms with Gasteiger partial charge >= 0.3 is 12.0 Å². The van der Waals surface area contributed by atoms with Gasteiger partial charge in [-0.1, -0.05) is 39.8 Å². The summed E-state index contributed by atoms with van der Waals surface area (Å²) in [5.41, 5.74) is 8.80. The summed E-state index contributed by atoms with van der Waals surface area (Å²) in [5, 5.41) is 8.17. The van der Waals surface area contributed by atoms with Crippen LogP contribution >= 0.6 is 11.3 Å². The number of aryl methyl sites for hydroxylation is 1. The summed E-state index contributed by atoms with van der Waals surface area (Å²) in [7, 11) is 3.32. The number of rotatable bonds is 11. The highest BCUT2D eigenvalue weighted by Gasteiger charge is 2.57. The molecule has 5 aliphatic heterocycles. The number of likely N-dealkylation sites (tertiary alicyclic amines) is 2. The van der Waals surface area contributed by atoms with E-state index < -0.39 is 46.9 Å². The van der Waals surface area contributed by atoms with Gasteiger partial charge in [0, 0.05) is 118 Å². The molecule has 0 saturated carbocycles. The number of hydrogen-bond acceptors (Lipinski definition) is 13. The van der Waals surface area contributed by atoms with E-state index in [1.54, 1.807) is 36.2 Å². The van der Waals surface area contributed by atoms with E-state index in [4.69, 9.17) is 24.2 Å². The van der Waals surface area contributed by atoms with Gasteiger partial charge in [-0.2, -0.15) is 0 Å². The van der Waals surface area contributed by atoms with E-state index in [9.17, 15) is 24.0 Å². The number of aromatic nitrogens is 3. The standard InChI is InChI=1S/C54H72N10O8S/c1-9-62-43-17-16-36-27-38(43)39(48(62)37-13-10-19-55-46(37)35(4)70-8)29-53(5,6)33-72-51(68)40-14-11-21-64(58-40)50(67)41(28-44-56-42(36)30-73-44)57-49(66)47(34(2)3)59(7)52(69)63-22-18-54(63)31-61(32-54)45(65)15-12-20-60-23-25-71-26-24-60/h10,12-13,15-17,19,27,30,34-35,40-41,47,58H,9,11,14,18,20-26,28-29,31-33H2,1-8H3,(H,57,66)/b15-12+/t35-,40-,41-,47-/m0/s1. The average Bonchev–Trinajstić information content (AvgIpc) is 3.95. The van der Waals surface area contributed by atoms with E-state index in [0.717, 1.165) is 64.2 Å². The summed E-state index contributed by atoms with van der Waals surface area (Å²) in [6.45, 7) is 18.3. The first-order valence-corrected chi connectivity index (χ1v) is 26.8. The van der Waals surface area contributed by atoms with Crippen LogP contribution in [0.3, 0.4) is 0 Å². The van der Waals surface area contributed by atoms with Crippen molar-refractivity contribution in [1.29, 1.82) is 0 Å². The Hall–Kier alpha value is -5.73. The lowest BCUT2D eigenvalue weighted by molar-refractivity contribution is -0.155. The second-order valence-electron chi connectivity index (χ2n) is 21.5. The Morgan fingerprint density at radius 1 is 1.08 bits per heavy atom. The van der Waals surface area contributed by atoms with Gasteiger partial charge in [-0.25, -0.2) is 15.2 Å². The Balaban J connectivity index is 0.983. The fourth-order valence-electron chi connectivity index (χ4n) is 11.2. The first-order chi connectivity index (χ1) is 35.0. The summed E-state index contributed by atoms with van der Waals surface area (Å²) in [6, 6.07) is 7.32. The minimum Gasteiger partial charge on any atom is -0.464 e. The quantitative estimate of drug-likeness (QED) is 0.143. The van der Waals surface area contributed by atoms with Gasteiger partial charge in [0.15, 0.2) is 0 Å². The first-order valence-electron chi connectivity index (χ1n) is 25.9. The normalized spacial score (nSPS) is 22.2. The number of methoxy groups -OCH3 is 1. The second-order valence-corrected chi connectivity index (χ2v) is 22.4. The molecule has 5 aliphatic rings. The van der Waals surface area contributed by atoms with Gasteiger partial charge in [-0.15, -0.1) is 11.3 Å². The Kier molecular flexibility index (Phi) is 15.4. The monoisotopic (exact) mass is 1020 g/mol. The number of nitrogens with zero attached hydrogens (tertiary/aromatic N) is 8. The van der Waals surface area contributed by atoms with Crippen LogP contribution in [0.1, 0.15) is 83.2 Å². The van der Waals surface area contributed by atoms with Crippen molar-refractivity contribution >= 4 is 52.0 Å². The summed E-state index contributed by atoms with van der Waals surface area (Å²) in [5.74, 6) is -1.76. The lowest BCUT2D eigenvalue weighted by atomic mass is 9.77. The SMILES string of the molecule is CCn1c(-c2cccnc2[C@H](C)OC)c2c3cc(ccc31)-c1csc(n1)C[C@H](NC(=O)[C@H](C(C)C)N(C)C(=O)N1CCC13CN(C(=O)/C=C/CN1CCOCC1)C3)C(=O)N1CCC[C@H](N1)C(=O)OCC(C)(C)C2. The molecule has 392 valence electrons. The molecule has 2 N–H and O–H groups in total. The molecule has 9 rings (SSSR count). The number of benzene rings is 1. The number of ether oxygens (including phenoxy) is 3. The Labute approximate surface area is 432 Å². The van der Waals surface area contributed by atoms with Crippen LogP contribution in [-0.2, 0) is 52.8 Å². The molecule has 18 nitrogen and oxygen atoms in total. The van der Waals surface area contributed by atoms with Crippen LogP contribution in [0.15, 0.2) is 54.1 Å². The summed E-state index contributed by atoms with van der Waals surface area (Å²) in [4.78, 5) is 88.1. The predicted octanol–water partition coefficient (Wildman–Crippen LogP) is 5.45. The van der Waals surface area contributed by atoms with Gasteiger partial charge in [0.25, 0.3) is 5.91 Å². The van der Waals surface area contributed by atoms with E-state index in [1.165, 1.54) is 21.2 Å². The number of nitrogens with one attached hydrogen (secondary N) is 2. The zero-order valence-corrected chi connectivity index (χ0v) is 44.5. The van der Waals surface area contributed by atoms with E-state index in [-0.39, 0.29) is 37.0 Å². The minimum absolute atomic E-state index is 0.0739. The van der Waals surface area contributed by atoms with Crippen molar-refractivity contribution in [2.24, 2.45) is 11.3 Å². The van der Waals surface area contributed by atoms with Crippen LogP contribution < -0.4 is 10.7 Å². The highest BCUT2D eigenvalue weighted by Crippen LogP contribution is 2.43. The highest BCUT2D eigenvalue weighted by molar-refractivity contribution is 7.10. The van der Waals surface area contributed by atoms with Gasteiger partial charge in [-0.05, 0) is 75.3 Å². The first kappa shape index (κ1) is 52.1. The molecule has 3 aromatic heterocycles. The number of thiazole rings is 1. The van der Waals surface area contributed by atoms with Crippen LogP contribution in [0.2, 0.25) is 0 Å². The largest absolute Gasteiger partial charge is 0.464 e. The van der Waals surface area contributed by atoms with Crippen molar-refractivity contribution in [2.75, 3.05) is 79.8 Å². The Bertz CT molecular complexity index is 2740. The van der Waals surface area contributed by atoms with Gasteiger partial charge in [0.2, 0.25) is 11.8 Å². The number of urea groups is 1. The third-order valence-electron chi connectivity index (χ3n) is 15.4. The molecule has 73 heavy (non-hydrogen) atoms. The fraction of sp³-hybridized carbons (Fsp3) is 0.574. The molecule has 19 heteroatoms. The molecule has 4 atom stereocenters. The molecule has 5 amide bonds. The van der Waals surface area contributed by atoms with Crippen LogP contribution in [-0.4, -0.2) is 172 Å². The molecule has 4 fully saturated rings. The van der Waals surface area contributed by atoms with Crippen molar-refractivity contribution in [3.05, 3.63) is 70.3 Å². The highest BCUT2D eigenvalue weighted by atomic mass is 32.1. The van der Waals surface area contributed by atoms with E-state index in [2.05, 4.69) is 65.2 Å². The summed E-state index contributed by atoms with van der Waals surface area (Å²) in [6.07, 6.45) is 7.45. The maximum absolute atomic E-state index is 14.8. The molecule has 0 radical (unpaired) electrons. The fourth-order valence-corrected chi connectivity index (χ4v) is 12.1. The number of carbonyl (C=O) groups is 5. The van der Waals surface area contributed by atoms with E-state index in [0.29, 0.717) is 76.8 Å². The third-order valence-corrected chi connectivity index (χ3v) is 16.3. The number of hydrazine groups is 1. The number of carbonyl (C=O) groups excluding carboxylic acids is 5. The summed E-state index contributed by atoms with van der Waals surface area (Å²) >= 11 is 1.41. The second kappa shape index (κ2) is 21.6. The maximum atomic E-state index is 14.8. The van der Waals surface area contributed by atoms with Gasteiger partial charge in [0.1, 0.15) is 18.1 Å². The number of cyclic esters (lactones) is 1. The van der Waals surface area contributed by atoms with Gasteiger partial charge < -0.3 is 38.8 Å². The zero-order chi connectivity index (χ0) is 51.8. The number of fused-ring (bicyclic) bond motifs is 6. The summed E-state index contributed by atoms with van der Waals surface area (Å²) < 4.78 is 19.7. The topological polar surface area (TPSA) is 184 Å². The minimum atomic E-state index is -1.09. The van der Waals surface area contributed by atoms with Gasteiger partial charge in [0.05, 0.1) is 53.6 Å². The smallest absolute Gasteiger partial charge is 0.324 e. The molecule has 1 aromatic carbocycles. The van der Waals surface area contributed by atoms with Crippen molar-refractivity contribution in [1.82, 2.24) is 49.9 Å². The number of esters is 1. The lowest BCUT2D eigenvalue weighted by Gasteiger charge is -2.62. The Morgan fingerprint density at radius 2 is 1.86 bits per heavy atom. The number of amides is 5. The van der Waals surface area contributed by atoms with Crippen LogP contribution in [0, 0.1) is 11.3 Å². The molecule has 6 bridgehead atoms. The molecule has 1 spiro atoms. The molecule has 0 aliphatic carbocycles. The third kappa shape index (κ3) is 10.7. The number of likely N-dealkylation sites (N-methyl/N-ethyl adjacent to an activating group) is 1. The van der Waals surface area contributed by atoms with Crippen LogP contribution in [0.25, 0.3) is 33.4 Å². The maximum Gasteiger partial charge on any atom is 0.324 e. The predicted molar refractivity (Wildman–Crippen MR) is 278 cm³/mol. The van der Waals surface area contributed by atoms with Crippen molar-refractivity contribution in [3.63, 3.8) is 0 Å². The Morgan fingerprint density at radius 3 is 2.58 bits per heavy atom. The average molecular weight is 1020 g/mol. The van der Waals surface area contributed by atoms with E-state index >= 15 is 0 Å². The van der Waals surface area contributed by atoms with Crippen LogP contribution in [0.4, 0.5) is 4.79 Å². The van der Waals surface area contributed by atoms with Crippen molar-refractivity contribution in [2.45, 2.75) is 110 Å². The number of pyridine rings is 1. The molecule has 0 unspecified atom stereocenters. The van der Waals surface area contributed by atoms with Crippen molar-refractivity contribution < 1.29 is 38.2 Å². The number of hydrogen-bond donors (Lipinski definition) is 2. The van der Waals surface area contributed by atoms with Gasteiger partial charge in [-0.3, -0.25) is 34.1 Å². The lowest BCUT2D eigenvalue weighted by Crippen LogP contribution is -2.79. The number of morpholine rings is 1. The molecular formula is C54H72N10O8S. The molecular weight excluding hydrogens is 949 g/mol. The molecule has 4 saturated heterocycles. The molecule has 8 heterocycles. The molecule has 4 aromatic rings. The van der Waals surface area contributed by atoms with E-state index in [1.807, 2.05) is 38.3 Å². The van der Waals surface area contributed by atoms with Crippen LogP contribution in [0.5, 0.6) is 0 Å². The zero-order valence-electron chi connectivity index (χ0n) is 43.6. The van der Waals surface area contributed by atoms with Crippen molar-refractivity contribution in [3.8, 4) is 22.5 Å².